The highest BCUT2D eigenvalue weighted by atomic mass is 79.9. The molecule has 0 saturated carbocycles. The van der Waals surface area contributed by atoms with Crippen LogP contribution in [0.4, 0.5) is 4.39 Å². The second-order valence-corrected chi connectivity index (χ2v) is 5.21. The van der Waals surface area contributed by atoms with Crippen LogP contribution in [0.25, 0.3) is 0 Å². The summed E-state index contributed by atoms with van der Waals surface area (Å²) in [6.07, 6.45) is 0.492. The minimum atomic E-state index is -0.226. The molecule has 0 aliphatic carbocycles. The van der Waals surface area contributed by atoms with Crippen LogP contribution in [0, 0.1) is 5.82 Å². The second kappa shape index (κ2) is 5.87. The van der Waals surface area contributed by atoms with Crippen LogP contribution in [-0.4, -0.2) is 7.05 Å². The molecular weight excluding hydrogens is 321 g/mol. The van der Waals surface area contributed by atoms with Crippen LogP contribution in [0.1, 0.15) is 17.4 Å². The van der Waals surface area contributed by atoms with Crippen LogP contribution in [0.3, 0.4) is 0 Å². The van der Waals surface area contributed by atoms with Crippen molar-refractivity contribution in [1.82, 2.24) is 5.32 Å². The van der Waals surface area contributed by atoms with E-state index in [0.29, 0.717) is 23.0 Å². The fourth-order valence-corrected chi connectivity index (χ4v) is 2.34. The van der Waals surface area contributed by atoms with Gasteiger partial charge in [0.2, 0.25) is 0 Å². The molecule has 0 saturated heterocycles. The second-order valence-electron chi connectivity index (χ2n) is 3.92. The number of likely N-dealkylation sites (N-methyl/N-ethyl adjacent to an activating group) is 1. The van der Waals surface area contributed by atoms with E-state index in [0.717, 1.165) is 4.47 Å². The third-order valence-corrected chi connectivity index (χ3v) is 3.41. The number of hydrogen-bond donors (Lipinski definition) is 1. The summed E-state index contributed by atoms with van der Waals surface area (Å²) in [5, 5.41) is 3.43. The molecule has 0 bridgehead atoms. The molecular formula is C13H12BrClFNO. The molecule has 0 aliphatic heterocycles. The highest BCUT2D eigenvalue weighted by Crippen LogP contribution is 2.25. The number of furan rings is 1. The Kier molecular flexibility index (Phi) is 4.43. The van der Waals surface area contributed by atoms with E-state index in [1.807, 2.05) is 0 Å². The van der Waals surface area contributed by atoms with Crippen molar-refractivity contribution >= 4 is 27.5 Å². The lowest BCUT2D eigenvalue weighted by Crippen LogP contribution is -2.18. The summed E-state index contributed by atoms with van der Waals surface area (Å²) >= 11 is 9.08. The number of halogens is 3. The normalized spacial score (nSPS) is 12.7. The van der Waals surface area contributed by atoms with E-state index in [4.69, 9.17) is 16.0 Å². The van der Waals surface area contributed by atoms with Gasteiger partial charge in [-0.1, -0.05) is 15.9 Å². The first-order valence-corrected chi connectivity index (χ1v) is 6.63. The maximum Gasteiger partial charge on any atom is 0.193 e. The summed E-state index contributed by atoms with van der Waals surface area (Å²) in [6.45, 7) is 0. The predicted molar refractivity (Wildman–Crippen MR) is 73.3 cm³/mol. The fourth-order valence-electron chi connectivity index (χ4n) is 1.78. The van der Waals surface area contributed by atoms with Crippen molar-refractivity contribution < 1.29 is 8.81 Å². The monoisotopic (exact) mass is 331 g/mol. The zero-order chi connectivity index (χ0) is 13.1. The first-order chi connectivity index (χ1) is 8.60. The van der Waals surface area contributed by atoms with Gasteiger partial charge in [-0.3, -0.25) is 0 Å². The quantitative estimate of drug-likeness (QED) is 0.901. The van der Waals surface area contributed by atoms with Gasteiger partial charge in [-0.05, 0) is 61.0 Å². The SMILES string of the molecule is CNC(Cc1cc(Br)ccc1F)c1ccc(Cl)o1. The van der Waals surface area contributed by atoms with Crippen LogP contribution >= 0.6 is 27.5 Å². The molecule has 1 N–H and O–H groups in total. The Morgan fingerprint density at radius 3 is 2.78 bits per heavy atom. The molecule has 1 heterocycles. The molecule has 1 atom stereocenters. The van der Waals surface area contributed by atoms with Gasteiger partial charge in [-0.15, -0.1) is 0 Å². The number of rotatable bonds is 4. The Labute approximate surface area is 118 Å². The molecule has 0 aliphatic rings. The summed E-state index contributed by atoms with van der Waals surface area (Å²) in [5.74, 6) is 0.470. The highest BCUT2D eigenvalue weighted by Gasteiger charge is 2.16. The van der Waals surface area contributed by atoms with E-state index < -0.39 is 0 Å². The molecule has 2 nitrogen and oxygen atoms in total. The Morgan fingerprint density at radius 2 is 2.17 bits per heavy atom. The molecule has 1 unspecified atom stereocenters. The van der Waals surface area contributed by atoms with Crippen LogP contribution in [0.15, 0.2) is 39.2 Å². The molecule has 5 heteroatoms. The van der Waals surface area contributed by atoms with Crippen LogP contribution < -0.4 is 5.32 Å². The molecule has 2 rings (SSSR count). The minimum absolute atomic E-state index is 0.110. The summed E-state index contributed by atoms with van der Waals surface area (Å²) in [4.78, 5) is 0. The van der Waals surface area contributed by atoms with E-state index in [9.17, 15) is 4.39 Å². The first-order valence-electron chi connectivity index (χ1n) is 5.46. The van der Waals surface area contributed by atoms with Crippen molar-refractivity contribution in [2.75, 3.05) is 7.05 Å². The van der Waals surface area contributed by atoms with E-state index in [-0.39, 0.29) is 11.9 Å². The van der Waals surface area contributed by atoms with E-state index in [1.165, 1.54) is 6.07 Å². The molecule has 96 valence electrons. The third kappa shape index (κ3) is 3.13. The lowest BCUT2D eigenvalue weighted by Gasteiger charge is -2.14. The average molecular weight is 333 g/mol. The molecule has 2 aromatic rings. The van der Waals surface area contributed by atoms with Crippen molar-refractivity contribution in [1.29, 1.82) is 0 Å². The molecule has 0 spiro atoms. The Bertz CT molecular complexity index is 544. The van der Waals surface area contributed by atoms with Crippen LogP contribution in [0.2, 0.25) is 5.22 Å². The van der Waals surface area contributed by atoms with Gasteiger partial charge in [-0.25, -0.2) is 4.39 Å². The van der Waals surface area contributed by atoms with Crippen LogP contribution in [-0.2, 0) is 6.42 Å². The van der Waals surface area contributed by atoms with Gasteiger partial charge < -0.3 is 9.73 Å². The predicted octanol–water partition coefficient (Wildman–Crippen LogP) is 4.34. The van der Waals surface area contributed by atoms with Gasteiger partial charge in [-0.2, -0.15) is 0 Å². The Hall–Kier alpha value is -0.840. The zero-order valence-corrected chi connectivity index (χ0v) is 12.1. The Morgan fingerprint density at radius 1 is 1.39 bits per heavy atom. The average Bonchev–Trinajstić information content (AvgIpc) is 2.77. The molecule has 1 aromatic carbocycles. The maximum absolute atomic E-state index is 13.7. The number of nitrogens with one attached hydrogen (secondary N) is 1. The first kappa shape index (κ1) is 13.6. The minimum Gasteiger partial charge on any atom is -0.448 e. The van der Waals surface area contributed by atoms with Gasteiger partial charge >= 0.3 is 0 Å². The van der Waals surface area contributed by atoms with Gasteiger partial charge in [0, 0.05) is 4.47 Å². The summed E-state index contributed by atoms with van der Waals surface area (Å²) in [7, 11) is 1.80. The van der Waals surface area contributed by atoms with Crippen molar-refractivity contribution in [2.45, 2.75) is 12.5 Å². The summed E-state index contributed by atoms with van der Waals surface area (Å²) in [5.41, 5.74) is 0.622. The topological polar surface area (TPSA) is 25.2 Å². The Balaban J connectivity index is 2.22. The lowest BCUT2D eigenvalue weighted by atomic mass is 10.0. The summed E-state index contributed by atoms with van der Waals surface area (Å²) < 4.78 is 19.9. The summed E-state index contributed by atoms with van der Waals surface area (Å²) in [6, 6.07) is 8.25. The largest absolute Gasteiger partial charge is 0.448 e. The van der Waals surface area contributed by atoms with Gasteiger partial charge in [0.05, 0.1) is 6.04 Å². The highest BCUT2D eigenvalue weighted by molar-refractivity contribution is 9.10. The van der Waals surface area contributed by atoms with Crippen LogP contribution in [0.5, 0.6) is 0 Å². The molecule has 1 aromatic heterocycles. The molecule has 0 fully saturated rings. The van der Waals surface area contributed by atoms with Crippen molar-refractivity contribution in [3.63, 3.8) is 0 Å². The standard InChI is InChI=1S/C13H12BrClFNO/c1-17-11(12-4-5-13(15)18-12)7-8-6-9(14)2-3-10(8)16/h2-6,11,17H,7H2,1H3. The fraction of sp³-hybridized carbons (Fsp3) is 0.231. The zero-order valence-electron chi connectivity index (χ0n) is 9.71. The molecule has 0 amide bonds. The van der Waals surface area contributed by atoms with E-state index in [2.05, 4.69) is 21.2 Å². The number of hydrogen-bond acceptors (Lipinski definition) is 2. The van der Waals surface area contributed by atoms with Crippen molar-refractivity contribution in [3.8, 4) is 0 Å². The third-order valence-electron chi connectivity index (χ3n) is 2.72. The molecule has 18 heavy (non-hydrogen) atoms. The van der Waals surface area contributed by atoms with Gasteiger partial charge in [0.25, 0.3) is 0 Å². The van der Waals surface area contributed by atoms with Crippen molar-refractivity contribution in [3.05, 3.63) is 57.2 Å². The number of benzene rings is 1. The smallest absolute Gasteiger partial charge is 0.193 e. The molecule has 0 radical (unpaired) electrons. The van der Waals surface area contributed by atoms with E-state index in [1.54, 1.807) is 31.3 Å². The van der Waals surface area contributed by atoms with Crippen molar-refractivity contribution in [2.24, 2.45) is 0 Å². The van der Waals surface area contributed by atoms with E-state index >= 15 is 0 Å². The van der Waals surface area contributed by atoms with Gasteiger partial charge in [0.15, 0.2) is 5.22 Å². The lowest BCUT2D eigenvalue weighted by molar-refractivity contribution is 0.426. The maximum atomic E-state index is 13.7. The van der Waals surface area contributed by atoms with Gasteiger partial charge in [0.1, 0.15) is 11.6 Å².